The van der Waals surface area contributed by atoms with Crippen LogP contribution in [0.2, 0.25) is 5.02 Å². The number of nitrogens with one attached hydrogen (secondary N) is 1. The first-order chi connectivity index (χ1) is 12.6. The van der Waals surface area contributed by atoms with Gasteiger partial charge in [-0.3, -0.25) is 9.69 Å². The third-order valence-corrected chi connectivity index (χ3v) is 4.61. The number of amides is 1. The van der Waals surface area contributed by atoms with E-state index in [2.05, 4.69) is 10.2 Å². The summed E-state index contributed by atoms with van der Waals surface area (Å²) >= 11 is 6.03. The smallest absolute Gasteiger partial charge is 0.259 e. The van der Waals surface area contributed by atoms with Gasteiger partial charge in [0.1, 0.15) is 5.75 Å². The van der Waals surface area contributed by atoms with Crippen molar-refractivity contribution in [2.45, 2.75) is 6.54 Å². The van der Waals surface area contributed by atoms with E-state index < -0.39 is 0 Å². The molecule has 0 atom stereocenters. The van der Waals surface area contributed by atoms with E-state index in [0.717, 1.165) is 32.8 Å². The highest BCUT2D eigenvalue weighted by Crippen LogP contribution is 2.29. The van der Waals surface area contributed by atoms with Crippen LogP contribution in [0.5, 0.6) is 5.75 Å². The van der Waals surface area contributed by atoms with Gasteiger partial charge in [0, 0.05) is 31.4 Å². The molecule has 6 nitrogen and oxygen atoms in total. The highest BCUT2D eigenvalue weighted by Gasteiger charge is 2.16. The lowest BCUT2D eigenvalue weighted by Gasteiger charge is -2.26. The molecule has 1 aliphatic rings. The fraction of sp³-hybridized carbons (Fsp3) is 0.316. The Kier molecular flexibility index (Phi) is 5.98. The number of carbonyl (C=O) groups is 1. The highest BCUT2D eigenvalue weighted by atomic mass is 35.5. The Balaban J connectivity index is 1.67. The van der Waals surface area contributed by atoms with Crippen molar-refractivity contribution in [3.8, 4) is 5.75 Å². The Morgan fingerprint density at radius 1 is 1.27 bits per heavy atom. The summed E-state index contributed by atoms with van der Waals surface area (Å²) in [6, 6.07) is 10.9. The van der Waals surface area contributed by atoms with Crippen molar-refractivity contribution in [3.63, 3.8) is 0 Å². The van der Waals surface area contributed by atoms with E-state index in [1.807, 2.05) is 24.3 Å². The largest absolute Gasteiger partial charge is 0.496 e. The molecule has 0 radical (unpaired) electrons. The van der Waals surface area contributed by atoms with E-state index in [1.54, 1.807) is 6.07 Å². The number of rotatable bonds is 5. The Morgan fingerprint density at radius 2 is 1.96 bits per heavy atom. The zero-order chi connectivity index (χ0) is 18.5. The molecule has 3 rings (SSSR count). The molecule has 0 spiro atoms. The standard InChI is InChI=1S/C19H22ClN3O3/c1-25-18-11-17(21)16(20)10-15(18)19(24)22-14-4-2-13(3-5-14)12-23-6-8-26-9-7-23/h2-5,10-11H,6-9,12,21H2,1H3,(H,22,24). The van der Waals surface area contributed by atoms with Gasteiger partial charge in [-0.15, -0.1) is 0 Å². The second kappa shape index (κ2) is 8.40. The molecule has 0 bridgehead atoms. The average molecular weight is 376 g/mol. The molecule has 0 aromatic heterocycles. The molecule has 7 heteroatoms. The predicted octanol–water partition coefficient (Wildman–Crippen LogP) is 3.02. The fourth-order valence-corrected chi connectivity index (χ4v) is 2.99. The van der Waals surface area contributed by atoms with Gasteiger partial charge in [0.15, 0.2) is 0 Å². The van der Waals surface area contributed by atoms with Crippen molar-refractivity contribution in [3.05, 3.63) is 52.5 Å². The second-order valence-electron chi connectivity index (χ2n) is 6.11. The molecule has 1 heterocycles. The van der Waals surface area contributed by atoms with E-state index in [1.165, 1.54) is 18.7 Å². The molecule has 0 unspecified atom stereocenters. The highest BCUT2D eigenvalue weighted by molar-refractivity contribution is 6.33. The van der Waals surface area contributed by atoms with Crippen molar-refractivity contribution in [1.29, 1.82) is 0 Å². The Morgan fingerprint density at radius 3 is 2.62 bits per heavy atom. The van der Waals surface area contributed by atoms with E-state index in [0.29, 0.717) is 27.7 Å². The Hall–Kier alpha value is -2.28. The van der Waals surface area contributed by atoms with Crippen LogP contribution in [0.15, 0.2) is 36.4 Å². The Bertz CT molecular complexity index is 774. The number of ether oxygens (including phenoxy) is 2. The van der Waals surface area contributed by atoms with E-state index in [-0.39, 0.29) is 5.91 Å². The van der Waals surface area contributed by atoms with Crippen LogP contribution in [0, 0.1) is 0 Å². The normalized spacial score (nSPS) is 14.8. The summed E-state index contributed by atoms with van der Waals surface area (Å²) in [5.74, 6) is 0.0815. The van der Waals surface area contributed by atoms with Crippen molar-refractivity contribution >= 4 is 28.9 Å². The number of nitrogen functional groups attached to an aromatic ring is 1. The molecule has 0 aliphatic carbocycles. The maximum Gasteiger partial charge on any atom is 0.259 e. The number of nitrogens with two attached hydrogens (primary N) is 1. The van der Waals surface area contributed by atoms with Gasteiger partial charge in [0.2, 0.25) is 0 Å². The van der Waals surface area contributed by atoms with Gasteiger partial charge in [-0.1, -0.05) is 23.7 Å². The number of nitrogens with zero attached hydrogens (tertiary/aromatic N) is 1. The lowest BCUT2D eigenvalue weighted by atomic mass is 10.1. The second-order valence-corrected chi connectivity index (χ2v) is 6.52. The summed E-state index contributed by atoms with van der Waals surface area (Å²) in [6.07, 6.45) is 0. The molecule has 138 valence electrons. The first-order valence-electron chi connectivity index (χ1n) is 8.40. The number of anilines is 2. The van der Waals surface area contributed by atoms with Gasteiger partial charge >= 0.3 is 0 Å². The number of benzene rings is 2. The summed E-state index contributed by atoms with van der Waals surface area (Å²) < 4.78 is 10.6. The van der Waals surface area contributed by atoms with Crippen molar-refractivity contribution in [2.75, 3.05) is 44.5 Å². The SMILES string of the molecule is COc1cc(N)c(Cl)cc1C(=O)Nc1ccc(CN2CCOCC2)cc1. The minimum atomic E-state index is -0.301. The summed E-state index contributed by atoms with van der Waals surface area (Å²) in [4.78, 5) is 14.9. The van der Waals surface area contributed by atoms with Crippen molar-refractivity contribution in [1.82, 2.24) is 4.90 Å². The number of hydrogen-bond acceptors (Lipinski definition) is 5. The predicted molar refractivity (Wildman–Crippen MR) is 103 cm³/mol. The minimum absolute atomic E-state index is 0.301. The maximum atomic E-state index is 12.5. The minimum Gasteiger partial charge on any atom is -0.496 e. The topological polar surface area (TPSA) is 76.8 Å². The lowest BCUT2D eigenvalue weighted by molar-refractivity contribution is 0.0342. The van der Waals surface area contributed by atoms with Crippen LogP contribution in [-0.4, -0.2) is 44.2 Å². The number of morpholine rings is 1. The van der Waals surface area contributed by atoms with Crippen LogP contribution in [-0.2, 0) is 11.3 Å². The maximum absolute atomic E-state index is 12.5. The van der Waals surface area contributed by atoms with Crippen LogP contribution < -0.4 is 15.8 Å². The van der Waals surface area contributed by atoms with Crippen LogP contribution in [0.3, 0.4) is 0 Å². The molecular formula is C19H22ClN3O3. The van der Waals surface area contributed by atoms with Crippen LogP contribution in [0.4, 0.5) is 11.4 Å². The summed E-state index contributed by atoms with van der Waals surface area (Å²) in [5, 5.41) is 3.17. The van der Waals surface area contributed by atoms with Crippen LogP contribution in [0.25, 0.3) is 0 Å². The molecule has 2 aromatic carbocycles. The monoisotopic (exact) mass is 375 g/mol. The first kappa shape index (κ1) is 18.5. The molecule has 1 aliphatic heterocycles. The molecule has 3 N–H and O–H groups in total. The van der Waals surface area contributed by atoms with Gasteiger partial charge in [0.05, 0.1) is 36.6 Å². The lowest BCUT2D eigenvalue weighted by Crippen LogP contribution is -2.35. The molecule has 0 saturated carbocycles. The number of carbonyl (C=O) groups excluding carboxylic acids is 1. The van der Waals surface area contributed by atoms with Crippen molar-refractivity contribution < 1.29 is 14.3 Å². The quantitative estimate of drug-likeness (QED) is 0.785. The van der Waals surface area contributed by atoms with Gasteiger partial charge in [-0.25, -0.2) is 0 Å². The van der Waals surface area contributed by atoms with Crippen LogP contribution >= 0.6 is 11.6 Å². The van der Waals surface area contributed by atoms with E-state index in [9.17, 15) is 4.79 Å². The molecule has 1 saturated heterocycles. The third kappa shape index (κ3) is 4.46. The molecule has 26 heavy (non-hydrogen) atoms. The van der Waals surface area contributed by atoms with E-state index >= 15 is 0 Å². The third-order valence-electron chi connectivity index (χ3n) is 4.29. The number of halogens is 1. The molecular weight excluding hydrogens is 354 g/mol. The first-order valence-corrected chi connectivity index (χ1v) is 8.78. The molecule has 1 fully saturated rings. The van der Waals surface area contributed by atoms with Gasteiger partial charge in [0.25, 0.3) is 5.91 Å². The molecule has 2 aromatic rings. The Labute approximate surface area is 157 Å². The van der Waals surface area contributed by atoms with Gasteiger partial charge in [-0.2, -0.15) is 0 Å². The van der Waals surface area contributed by atoms with Crippen molar-refractivity contribution in [2.24, 2.45) is 0 Å². The molecule has 1 amide bonds. The number of methoxy groups -OCH3 is 1. The van der Waals surface area contributed by atoms with E-state index in [4.69, 9.17) is 26.8 Å². The number of hydrogen-bond donors (Lipinski definition) is 2. The summed E-state index contributed by atoms with van der Waals surface area (Å²) in [7, 11) is 1.49. The zero-order valence-corrected chi connectivity index (χ0v) is 15.4. The summed E-state index contributed by atoms with van der Waals surface area (Å²) in [5.41, 5.74) is 8.36. The van der Waals surface area contributed by atoms with Gasteiger partial charge in [-0.05, 0) is 23.8 Å². The average Bonchev–Trinajstić information content (AvgIpc) is 2.66. The van der Waals surface area contributed by atoms with Crippen LogP contribution in [0.1, 0.15) is 15.9 Å². The summed E-state index contributed by atoms with van der Waals surface area (Å²) in [6.45, 7) is 4.31. The zero-order valence-electron chi connectivity index (χ0n) is 14.6. The fourth-order valence-electron chi connectivity index (χ4n) is 2.82. The van der Waals surface area contributed by atoms with Gasteiger partial charge < -0.3 is 20.5 Å².